The molecule has 7 nitrogen and oxygen atoms in total. The average molecular weight is 454 g/mol. The van der Waals surface area contributed by atoms with Gasteiger partial charge in [-0.15, -0.1) is 0 Å². The molecule has 0 spiro atoms. The number of anilines is 1. The molecule has 1 unspecified atom stereocenters. The van der Waals surface area contributed by atoms with Gasteiger partial charge in [-0.05, 0) is 42.5 Å². The van der Waals surface area contributed by atoms with E-state index in [-0.39, 0.29) is 11.9 Å². The van der Waals surface area contributed by atoms with Crippen LogP contribution in [0.4, 0.5) is 5.69 Å². The maximum absolute atomic E-state index is 12.4. The lowest BCUT2D eigenvalue weighted by Gasteiger charge is -2.33. The van der Waals surface area contributed by atoms with Crippen LogP contribution in [-0.2, 0) is 21.6 Å². The second kappa shape index (κ2) is 9.48. The summed E-state index contributed by atoms with van der Waals surface area (Å²) in [4.78, 5) is 13.8. The maximum Gasteiger partial charge on any atom is 0.327 e. The van der Waals surface area contributed by atoms with E-state index in [4.69, 9.17) is 4.74 Å². The monoisotopic (exact) mass is 453 g/mol. The van der Waals surface area contributed by atoms with Crippen molar-refractivity contribution in [3.8, 4) is 5.75 Å². The van der Waals surface area contributed by atoms with Gasteiger partial charge in [-0.25, -0.2) is 4.31 Å². The standard InChI is InChI=1S/C24H27N3O4S/c1-19(28)26-15-6-5-9-22(26)12-10-20-11-13-23(27-16-14-25-32(27,29)30)24(17-20)31-18-21-7-3-2-4-8-21/h2-4,7-8,10-14,16-17,22,25H,5-6,9,15,18H2,1H3. The Morgan fingerprint density at radius 1 is 1.19 bits per heavy atom. The van der Waals surface area contributed by atoms with Gasteiger partial charge in [0.2, 0.25) is 5.91 Å². The van der Waals surface area contributed by atoms with E-state index in [9.17, 15) is 13.2 Å². The summed E-state index contributed by atoms with van der Waals surface area (Å²) in [6.07, 6.45) is 9.92. The molecular formula is C24H27N3O4S. The van der Waals surface area contributed by atoms with E-state index in [1.54, 1.807) is 13.0 Å². The molecule has 0 aromatic heterocycles. The summed E-state index contributed by atoms with van der Waals surface area (Å²) in [5.41, 5.74) is 2.29. The number of benzene rings is 2. The molecule has 0 bridgehead atoms. The first-order chi connectivity index (χ1) is 15.4. The number of hydrogen-bond donors (Lipinski definition) is 1. The number of ether oxygens (including phenoxy) is 1. The highest BCUT2D eigenvalue weighted by Crippen LogP contribution is 2.34. The Morgan fingerprint density at radius 2 is 2.00 bits per heavy atom. The molecule has 2 aliphatic heterocycles. The molecule has 0 radical (unpaired) electrons. The summed E-state index contributed by atoms with van der Waals surface area (Å²) in [6.45, 7) is 2.70. The molecule has 8 heteroatoms. The Labute approximate surface area is 189 Å². The Bertz CT molecular complexity index is 1130. The van der Waals surface area contributed by atoms with E-state index in [1.807, 2.05) is 59.5 Å². The van der Waals surface area contributed by atoms with Gasteiger partial charge in [0.05, 0.1) is 6.04 Å². The second-order valence-corrected chi connectivity index (χ2v) is 9.45. The van der Waals surface area contributed by atoms with Crippen molar-refractivity contribution >= 4 is 27.9 Å². The fourth-order valence-corrected chi connectivity index (χ4v) is 4.95. The Hall–Kier alpha value is -3.26. The molecule has 1 N–H and O–H groups in total. The SMILES string of the molecule is CC(=O)N1CCCCC1C=Cc1ccc(N2C=CNS2(=O)=O)c(OCc2ccccc2)c1. The van der Waals surface area contributed by atoms with Crippen LogP contribution in [0.15, 0.2) is 67.0 Å². The highest BCUT2D eigenvalue weighted by Gasteiger charge is 2.27. The molecule has 1 fully saturated rings. The number of hydrogen-bond acceptors (Lipinski definition) is 4. The Morgan fingerprint density at radius 3 is 2.72 bits per heavy atom. The van der Waals surface area contributed by atoms with Crippen LogP contribution in [-0.4, -0.2) is 31.8 Å². The van der Waals surface area contributed by atoms with Gasteiger partial charge in [-0.1, -0.05) is 48.6 Å². The minimum Gasteiger partial charge on any atom is -0.487 e. The van der Waals surface area contributed by atoms with Crippen molar-refractivity contribution in [1.82, 2.24) is 9.62 Å². The highest BCUT2D eigenvalue weighted by atomic mass is 32.2. The van der Waals surface area contributed by atoms with Crippen LogP contribution in [0.1, 0.15) is 37.3 Å². The summed E-state index contributed by atoms with van der Waals surface area (Å²) in [5.74, 6) is 0.542. The fourth-order valence-electron chi connectivity index (χ4n) is 3.97. The van der Waals surface area contributed by atoms with E-state index >= 15 is 0 Å². The van der Waals surface area contributed by atoms with Gasteiger partial charge in [0, 0.05) is 25.9 Å². The van der Waals surface area contributed by atoms with Gasteiger partial charge in [0.15, 0.2) is 0 Å². The minimum absolute atomic E-state index is 0.0701. The third-order valence-electron chi connectivity index (χ3n) is 5.61. The summed E-state index contributed by atoms with van der Waals surface area (Å²) >= 11 is 0. The van der Waals surface area contributed by atoms with Crippen LogP contribution >= 0.6 is 0 Å². The zero-order valence-electron chi connectivity index (χ0n) is 18.0. The number of amides is 1. The van der Waals surface area contributed by atoms with Crippen molar-refractivity contribution in [3.05, 3.63) is 78.1 Å². The molecule has 2 heterocycles. The number of nitrogens with zero attached hydrogens (tertiary/aromatic N) is 2. The number of nitrogens with one attached hydrogen (secondary N) is 1. The van der Waals surface area contributed by atoms with Gasteiger partial charge in [0.25, 0.3) is 0 Å². The zero-order valence-corrected chi connectivity index (χ0v) is 18.8. The van der Waals surface area contributed by atoms with Crippen LogP contribution in [0.25, 0.3) is 6.08 Å². The molecule has 4 rings (SSSR count). The normalized spacial score (nSPS) is 19.8. The van der Waals surface area contributed by atoms with E-state index in [1.165, 1.54) is 16.7 Å². The Kier molecular flexibility index (Phi) is 6.50. The molecule has 1 saturated heterocycles. The van der Waals surface area contributed by atoms with Crippen molar-refractivity contribution in [2.24, 2.45) is 0 Å². The van der Waals surface area contributed by atoms with Crippen LogP contribution in [0.2, 0.25) is 0 Å². The number of rotatable bonds is 6. The predicted octanol–water partition coefficient (Wildman–Crippen LogP) is 3.81. The lowest BCUT2D eigenvalue weighted by molar-refractivity contribution is -0.131. The molecule has 32 heavy (non-hydrogen) atoms. The van der Waals surface area contributed by atoms with Gasteiger partial charge in [0.1, 0.15) is 18.0 Å². The first-order valence-corrected chi connectivity index (χ1v) is 12.1. The van der Waals surface area contributed by atoms with Gasteiger partial charge < -0.3 is 9.64 Å². The molecule has 2 aromatic rings. The minimum atomic E-state index is -3.67. The van der Waals surface area contributed by atoms with E-state index < -0.39 is 10.2 Å². The van der Waals surface area contributed by atoms with Crippen LogP contribution in [0.3, 0.4) is 0 Å². The number of piperidine rings is 1. The van der Waals surface area contributed by atoms with Gasteiger partial charge in [-0.3, -0.25) is 9.52 Å². The smallest absolute Gasteiger partial charge is 0.327 e. The third-order valence-corrected chi connectivity index (χ3v) is 6.88. The lowest BCUT2D eigenvalue weighted by atomic mass is 10.0. The largest absolute Gasteiger partial charge is 0.487 e. The number of carbonyl (C=O) groups is 1. The fraction of sp³-hybridized carbons (Fsp3) is 0.292. The molecule has 1 amide bonds. The highest BCUT2D eigenvalue weighted by molar-refractivity contribution is 7.91. The van der Waals surface area contributed by atoms with E-state index in [0.717, 1.165) is 36.9 Å². The zero-order chi connectivity index (χ0) is 22.6. The Balaban J connectivity index is 1.61. The van der Waals surface area contributed by atoms with E-state index in [0.29, 0.717) is 18.0 Å². The summed E-state index contributed by atoms with van der Waals surface area (Å²) in [6, 6.07) is 15.2. The topological polar surface area (TPSA) is 79.0 Å². The molecule has 2 aromatic carbocycles. The molecule has 168 valence electrons. The van der Waals surface area contributed by atoms with Crippen molar-refractivity contribution in [2.75, 3.05) is 10.8 Å². The first-order valence-electron chi connectivity index (χ1n) is 10.7. The van der Waals surface area contributed by atoms with Crippen molar-refractivity contribution in [3.63, 3.8) is 0 Å². The van der Waals surface area contributed by atoms with Crippen molar-refractivity contribution in [2.45, 2.75) is 38.8 Å². The molecular weight excluding hydrogens is 426 g/mol. The van der Waals surface area contributed by atoms with Crippen LogP contribution in [0, 0.1) is 0 Å². The summed E-state index contributed by atoms with van der Waals surface area (Å²) < 4.78 is 34.3. The van der Waals surface area contributed by atoms with Crippen LogP contribution < -0.4 is 13.8 Å². The number of likely N-dealkylation sites (tertiary alicyclic amines) is 1. The molecule has 1 atom stereocenters. The van der Waals surface area contributed by atoms with Crippen LogP contribution in [0.5, 0.6) is 5.75 Å². The van der Waals surface area contributed by atoms with Gasteiger partial charge >= 0.3 is 10.2 Å². The molecule has 0 aliphatic carbocycles. The van der Waals surface area contributed by atoms with Gasteiger partial charge in [-0.2, -0.15) is 8.42 Å². The lowest BCUT2D eigenvalue weighted by Crippen LogP contribution is -2.41. The second-order valence-electron chi connectivity index (χ2n) is 7.87. The first kappa shape index (κ1) is 22.0. The average Bonchev–Trinajstić information content (AvgIpc) is 3.15. The van der Waals surface area contributed by atoms with E-state index in [2.05, 4.69) is 4.72 Å². The summed E-state index contributed by atoms with van der Waals surface area (Å²) in [7, 11) is -3.67. The third kappa shape index (κ3) is 4.96. The predicted molar refractivity (Wildman–Crippen MR) is 125 cm³/mol. The van der Waals surface area contributed by atoms with Crippen molar-refractivity contribution in [1.29, 1.82) is 0 Å². The maximum atomic E-state index is 12.4. The summed E-state index contributed by atoms with van der Waals surface area (Å²) in [5, 5.41) is 0. The number of carbonyl (C=O) groups excluding carboxylic acids is 1. The molecule has 2 aliphatic rings. The molecule has 0 saturated carbocycles. The van der Waals surface area contributed by atoms with Crippen molar-refractivity contribution < 1.29 is 17.9 Å². The quantitative estimate of drug-likeness (QED) is 0.722.